The van der Waals surface area contributed by atoms with Crippen molar-refractivity contribution >= 4 is 5.91 Å². The second-order valence-electron chi connectivity index (χ2n) is 10.1. The summed E-state index contributed by atoms with van der Waals surface area (Å²) in [6.45, 7) is 4.78. The van der Waals surface area contributed by atoms with Gasteiger partial charge in [-0.05, 0) is 74.1 Å². The average Bonchev–Trinajstić information content (AvgIpc) is 3.47. The van der Waals surface area contributed by atoms with Crippen molar-refractivity contribution in [3.63, 3.8) is 0 Å². The van der Waals surface area contributed by atoms with E-state index in [-0.39, 0.29) is 12.1 Å². The molecule has 0 aliphatic carbocycles. The quantitative estimate of drug-likeness (QED) is 0.370. The molecule has 3 heterocycles. The van der Waals surface area contributed by atoms with E-state index in [0.717, 1.165) is 100 Å². The zero-order chi connectivity index (χ0) is 24.7. The highest BCUT2D eigenvalue weighted by molar-refractivity contribution is 5.98. The van der Waals surface area contributed by atoms with E-state index in [1.54, 1.807) is 0 Å². The molecule has 2 unspecified atom stereocenters. The topological polar surface area (TPSA) is 75.0 Å². The van der Waals surface area contributed by atoms with Crippen LogP contribution in [0.1, 0.15) is 66.4 Å². The summed E-state index contributed by atoms with van der Waals surface area (Å²) in [5.74, 6) is 1.85. The summed E-state index contributed by atoms with van der Waals surface area (Å²) in [7, 11) is 0. The number of hydrogen-bond acceptors (Lipinski definition) is 5. The molecule has 3 aliphatic rings. The monoisotopic (exact) mass is 492 g/mol. The van der Waals surface area contributed by atoms with Crippen LogP contribution in [0.4, 0.5) is 0 Å². The van der Waals surface area contributed by atoms with E-state index in [1.807, 2.05) is 35.2 Å². The second kappa shape index (κ2) is 12.1. The van der Waals surface area contributed by atoms with E-state index < -0.39 is 6.23 Å². The lowest BCUT2D eigenvalue weighted by atomic mass is 10.1. The minimum absolute atomic E-state index is 0.0634. The molecule has 1 amide bonds. The van der Waals surface area contributed by atoms with Crippen LogP contribution < -0.4 is 9.47 Å². The molecule has 3 aliphatic heterocycles. The zero-order valence-electron chi connectivity index (χ0n) is 21.1. The van der Waals surface area contributed by atoms with Crippen LogP contribution in [0.5, 0.6) is 11.5 Å². The van der Waals surface area contributed by atoms with Crippen LogP contribution in [0.25, 0.3) is 5.73 Å². The molecule has 1 fully saturated rings. The van der Waals surface area contributed by atoms with Crippen LogP contribution in [0.15, 0.2) is 42.5 Å². The van der Waals surface area contributed by atoms with E-state index in [0.29, 0.717) is 13.2 Å². The van der Waals surface area contributed by atoms with Crippen LogP contribution >= 0.6 is 0 Å². The number of rotatable bonds is 12. The maximum absolute atomic E-state index is 12.5. The third-order valence-electron chi connectivity index (χ3n) is 7.43. The fraction of sp³-hybridized carbons (Fsp3) is 0.552. The SMILES string of the molecule is [NH-]C(CCCCCN1Cc2ccccc2C1=O)OC1CCCN1CCCc1ccc2c(c1)OCCO2. The highest BCUT2D eigenvalue weighted by Crippen LogP contribution is 2.31. The molecule has 0 spiro atoms. The molecular formula is C29H38N3O4-. The molecule has 2 atom stereocenters. The number of nitrogens with zero attached hydrogens (tertiary/aromatic N) is 2. The van der Waals surface area contributed by atoms with Crippen LogP contribution in [-0.4, -0.2) is 61.0 Å². The van der Waals surface area contributed by atoms with Gasteiger partial charge in [-0.25, -0.2) is 0 Å². The predicted octanol–water partition coefficient (Wildman–Crippen LogP) is 5.42. The number of carbonyl (C=O) groups excluding carboxylic acids is 1. The number of nitrogens with one attached hydrogen (secondary N) is 1. The normalized spacial score (nSPS) is 20.1. The van der Waals surface area contributed by atoms with Crippen molar-refractivity contribution < 1.29 is 19.0 Å². The molecule has 0 radical (unpaired) electrons. The maximum Gasteiger partial charge on any atom is 0.254 e. The minimum Gasteiger partial charge on any atom is -0.652 e. The van der Waals surface area contributed by atoms with Crippen molar-refractivity contribution in [3.05, 3.63) is 64.9 Å². The van der Waals surface area contributed by atoms with Crippen molar-refractivity contribution in [3.8, 4) is 11.5 Å². The van der Waals surface area contributed by atoms with Gasteiger partial charge >= 0.3 is 0 Å². The number of likely N-dealkylation sites (tertiary alicyclic amines) is 1. The number of aryl methyl sites for hydroxylation is 1. The molecule has 7 heteroatoms. The Bertz CT molecular complexity index is 1030. The van der Waals surface area contributed by atoms with Gasteiger partial charge in [-0.2, -0.15) is 0 Å². The maximum atomic E-state index is 12.5. The first-order chi connectivity index (χ1) is 17.7. The van der Waals surface area contributed by atoms with E-state index in [1.165, 1.54) is 5.56 Å². The average molecular weight is 493 g/mol. The molecule has 5 rings (SSSR count). The first-order valence-electron chi connectivity index (χ1n) is 13.5. The van der Waals surface area contributed by atoms with Gasteiger partial charge in [0.1, 0.15) is 19.4 Å². The predicted molar refractivity (Wildman–Crippen MR) is 139 cm³/mol. The summed E-state index contributed by atoms with van der Waals surface area (Å²) in [5.41, 5.74) is 11.7. The lowest BCUT2D eigenvalue weighted by Gasteiger charge is -2.31. The Labute approximate surface area is 214 Å². The van der Waals surface area contributed by atoms with Crippen LogP contribution in [0.3, 0.4) is 0 Å². The van der Waals surface area contributed by atoms with Gasteiger partial charge in [0, 0.05) is 31.7 Å². The summed E-state index contributed by atoms with van der Waals surface area (Å²) in [6, 6.07) is 14.1. The first kappa shape index (κ1) is 25.1. The fourth-order valence-corrected chi connectivity index (χ4v) is 5.50. The number of benzene rings is 2. The Balaban J connectivity index is 0.964. The Morgan fingerprint density at radius 2 is 1.86 bits per heavy atom. The van der Waals surface area contributed by atoms with Crippen molar-refractivity contribution in [2.24, 2.45) is 0 Å². The van der Waals surface area contributed by atoms with Gasteiger partial charge in [-0.15, -0.1) is 0 Å². The lowest BCUT2D eigenvalue weighted by Crippen LogP contribution is -2.35. The van der Waals surface area contributed by atoms with E-state index >= 15 is 0 Å². The Morgan fingerprint density at radius 3 is 2.75 bits per heavy atom. The highest BCUT2D eigenvalue weighted by Gasteiger charge is 2.26. The largest absolute Gasteiger partial charge is 0.652 e. The molecule has 36 heavy (non-hydrogen) atoms. The molecule has 0 bridgehead atoms. The summed E-state index contributed by atoms with van der Waals surface area (Å²) in [6.07, 6.45) is 7.47. The fourth-order valence-electron chi connectivity index (χ4n) is 5.50. The molecule has 2 aromatic carbocycles. The molecule has 0 saturated carbocycles. The molecule has 194 valence electrons. The van der Waals surface area contributed by atoms with Crippen molar-refractivity contribution in [1.82, 2.24) is 9.80 Å². The van der Waals surface area contributed by atoms with Crippen LogP contribution in [-0.2, 0) is 17.7 Å². The van der Waals surface area contributed by atoms with Gasteiger partial charge < -0.3 is 24.8 Å². The second-order valence-corrected chi connectivity index (χ2v) is 10.1. The Morgan fingerprint density at radius 1 is 1.00 bits per heavy atom. The van der Waals surface area contributed by atoms with Gasteiger partial charge in [-0.1, -0.05) is 37.1 Å². The summed E-state index contributed by atoms with van der Waals surface area (Å²) in [5, 5.41) is 0. The first-order valence-corrected chi connectivity index (χ1v) is 13.5. The van der Waals surface area contributed by atoms with Gasteiger partial charge in [0.15, 0.2) is 11.5 Å². The molecule has 1 N–H and O–H groups in total. The summed E-state index contributed by atoms with van der Waals surface area (Å²) >= 11 is 0. The van der Waals surface area contributed by atoms with Gasteiger partial charge in [-0.3, -0.25) is 9.69 Å². The van der Waals surface area contributed by atoms with Crippen LogP contribution in [0.2, 0.25) is 0 Å². The van der Waals surface area contributed by atoms with E-state index in [4.69, 9.17) is 19.9 Å². The number of amides is 1. The number of fused-ring (bicyclic) bond motifs is 2. The molecule has 0 aromatic heterocycles. The van der Waals surface area contributed by atoms with E-state index in [2.05, 4.69) is 17.0 Å². The molecule has 1 saturated heterocycles. The smallest absolute Gasteiger partial charge is 0.254 e. The van der Waals surface area contributed by atoms with Crippen molar-refractivity contribution in [2.45, 2.75) is 70.4 Å². The van der Waals surface area contributed by atoms with Gasteiger partial charge in [0.2, 0.25) is 0 Å². The van der Waals surface area contributed by atoms with Gasteiger partial charge in [0.25, 0.3) is 5.91 Å². The minimum atomic E-state index is -0.480. The van der Waals surface area contributed by atoms with Crippen molar-refractivity contribution in [2.75, 3.05) is 32.8 Å². The van der Waals surface area contributed by atoms with Gasteiger partial charge in [0.05, 0.1) is 0 Å². The lowest BCUT2D eigenvalue weighted by molar-refractivity contribution is -0.0660. The standard InChI is InChI=1S/C29H38N3O4/c30-27(11-2-1-5-15-32-21-23-9-3-4-10-24(23)29(32)33)36-28-12-7-17-31(28)16-6-8-22-13-14-25-26(20-22)35-19-18-34-25/h3-4,9-10,13-14,20,27-28,30H,1-2,5-8,11-12,15-19,21H2/q-1. The molecule has 2 aromatic rings. The Kier molecular flexibility index (Phi) is 8.41. The third kappa shape index (κ3) is 6.20. The Hall–Kier alpha value is -2.61. The summed E-state index contributed by atoms with van der Waals surface area (Å²) < 4.78 is 17.4. The van der Waals surface area contributed by atoms with Crippen molar-refractivity contribution in [1.29, 1.82) is 0 Å². The zero-order valence-corrected chi connectivity index (χ0v) is 21.1. The number of ether oxygens (including phenoxy) is 3. The highest BCUT2D eigenvalue weighted by atomic mass is 16.6. The number of unbranched alkanes of at least 4 members (excludes halogenated alkanes) is 2. The number of hydrogen-bond donors (Lipinski definition) is 0. The van der Waals surface area contributed by atoms with Crippen LogP contribution in [0, 0.1) is 0 Å². The van der Waals surface area contributed by atoms with E-state index in [9.17, 15) is 4.79 Å². The molecular weight excluding hydrogens is 454 g/mol. The third-order valence-corrected chi connectivity index (χ3v) is 7.43. The summed E-state index contributed by atoms with van der Waals surface area (Å²) in [4.78, 5) is 16.8. The number of carbonyl (C=O) groups is 1. The molecule has 7 nitrogen and oxygen atoms in total.